The molecule has 8 nitrogen and oxygen atoms in total. The molecule has 170 valence electrons. The first-order valence-corrected chi connectivity index (χ1v) is 10.9. The average molecular weight is 490 g/mol. The number of hydrogen-bond donors (Lipinski definition) is 2. The van der Waals surface area contributed by atoms with Gasteiger partial charge in [0.1, 0.15) is 12.4 Å². The van der Waals surface area contributed by atoms with E-state index in [4.69, 9.17) is 33.7 Å². The molecule has 0 saturated carbocycles. The van der Waals surface area contributed by atoms with E-state index in [0.29, 0.717) is 16.5 Å². The lowest BCUT2D eigenvalue weighted by Crippen LogP contribution is -2.44. The fourth-order valence-corrected chi connectivity index (χ4v) is 4.58. The SMILES string of the molecule is Nc1cc(-c2ccc(Cl)cc2)nn1CC(=O)N1CC[C@@]2(C1)OC(=O)Nc1ccc(Cl)c(F)c12. The summed E-state index contributed by atoms with van der Waals surface area (Å²) < 4.78 is 21.8. The number of nitrogens with zero attached hydrogens (tertiary/aromatic N) is 3. The van der Waals surface area contributed by atoms with Crippen molar-refractivity contribution in [3.8, 4) is 11.3 Å². The first kappa shape index (κ1) is 21.5. The number of amides is 2. The molecule has 3 aromatic rings. The zero-order valence-electron chi connectivity index (χ0n) is 17.1. The van der Waals surface area contributed by atoms with Gasteiger partial charge in [-0.15, -0.1) is 0 Å². The van der Waals surface area contributed by atoms with Crippen molar-refractivity contribution < 1.29 is 18.7 Å². The first-order valence-electron chi connectivity index (χ1n) is 10.1. The van der Waals surface area contributed by atoms with Gasteiger partial charge in [-0.3, -0.25) is 10.1 Å². The fourth-order valence-electron chi connectivity index (χ4n) is 4.29. The number of carbonyl (C=O) groups excluding carboxylic acids is 2. The Morgan fingerprint density at radius 3 is 2.76 bits per heavy atom. The van der Waals surface area contributed by atoms with Crippen LogP contribution in [-0.4, -0.2) is 39.8 Å². The average Bonchev–Trinajstić information content (AvgIpc) is 3.35. The second-order valence-electron chi connectivity index (χ2n) is 7.98. The number of aromatic nitrogens is 2. The number of halogens is 3. The second-order valence-corrected chi connectivity index (χ2v) is 8.82. The molecular weight excluding hydrogens is 472 g/mol. The van der Waals surface area contributed by atoms with Crippen molar-refractivity contribution in [3.05, 3.63) is 63.9 Å². The second kappa shape index (κ2) is 7.93. The molecule has 3 N–H and O–H groups in total. The van der Waals surface area contributed by atoms with Crippen LogP contribution in [0.15, 0.2) is 42.5 Å². The largest absolute Gasteiger partial charge is 0.436 e. The monoisotopic (exact) mass is 489 g/mol. The molecule has 1 aromatic heterocycles. The minimum absolute atomic E-state index is 0.00523. The Hall–Kier alpha value is -3.30. The number of nitrogens with two attached hydrogens (primary N) is 1. The Balaban J connectivity index is 1.37. The van der Waals surface area contributed by atoms with Crippen molar-refractivity contribution in [2.24, 2.45) is 0 Å². The van der Waals surface area contributed by atoms with Crippen LogP contribution in [0.25, 0.3) is 11.3 Å². The van der Waals surface area contributed by atoms with Crippen molar-refractivity contribution in [2.75, 3.05) is 24.1 Å². The minimum atomic E-state index is -1.31. The van der Waals surface area contributed by atoms with Crippen molar-refractivity contribution >= 4 is 46.7 Å². The summed E-state index contributed by atoms with van der Waals surface area (Å²) in [6.45, 7) is 0.143. The quantitative estimate of drug-likeness (QED) is 0.571. The van der Waals surface area contributed by atoms with Gasteiger partial charge in [0.2, 0.25) is 5.91 Å². The smallest absolute Gasteiger partial charge is 0.412 e. The number of rotatable bonds is 3. The fraction of sp³-hybridized carbons (Fsp3) is 0.227. The lowest BCUT2D eigenvalue weighted by Gasteiger charge is -2.35. The number of likely N-dealkylation sites (tertiary alicyclic amines) is 1. The Morgan fingerprint density at radius 1 is 1.24 bits per heavy atom. The summed E-state index contributed by atoms with van der Waals surface area (Å²) in [6.07, 6.45) is -0.469. The number of nitrogen functional groups attached to an aromatic ring is 1. The highest BCUT2D eigenvalue weighted by atomic mass is 35.5. The van der Waals surface area contributed by atoms with E-state index in [1.807, 2.05) is 12.1 Å². The summed E-state index contributed by atoms with van der Waals surface area (Å²) in [6, 6.07) is 11.7. The normalized spacial score (nSPS) is 19.4. The van der Waals surface area contributed by atoms with Crippen LogP contribution in [0.1, 0.15) is 12.0 Å². The van der Waals surface area contributed by atoms with Gasteiger partial charge in [0, 0.05) is 29.6 Å². The molecule has 11 heteroatoms. The highest BCUT2D eigenvalue weighted by Gasteiger charge is 2.50. The predicted molar refractivity (Wildman–Crippen MR) is 121 cm³/mol. The van der Waals surface area contributed by atoms with Crippen LogP contribution < -0.4 is 11.1 Å². The van der Waals surface area contributed by atoms with E-state index in [1.165, 1.54) is 21.7 Å². The van der Waals surface area contributed by atoms with Gasteiger partial charge < -0.3 is 15.4 Å². The molecule has 0 unspecified atom stereocenters. The summed E-state index contributed by atoms with van der Waals surface area (Å²) in [5.74, 6) is -0.644. The Labute approximate surface area is 198 Å². The van der Waals surface area contributed by atoms with Gasteiger partial charge in [-0.25, -0.2) is 13.9 Å². The van der Waals surface area contributed by atoms with Gasteiger partial charge in [-0.05, 0) is 24.3 Å². The lowest BCUT2D eigenvalue weighted by atomic mass is 9.89. The summed E-state index contributed by atoms with van der Waals surface area (Å²) in [5.41, 5.74) is 6.60. The number of ether oxygens (including phenoxy) is 1. The molecule has 0 bridgehead atoms. The summed E-state index contributed by atoms with van der Waals surface area (Å²) in [7, 11) is 0. The summed E-state index contributed by atoms with van der Waals surface area (Å²) >= 11 is 11.9. The molecule has 5 rings (SSSR count). The van der Waals surface area contributed by atoms with Crippen molar-refractivity contribution in [1.82, 2.24) is 14.7 Å². The van der Waals surface area contributed by atoms with Crippen molar-refractivity contribution in [1.29, 1.82) is 0 Å². The van der Waals surface area contributed by atoms with Gasteiger partial charge >= 0.3 is 6.09 Å². The molecule has 1 spiro atoms. The van der Waals surface area contributed by atoms with E-state index in [2.05, 4.69) is 10.4 Å². The van der Waals surface area contributed by atoms with Crippen LogP contribution in [0.5, 0.6) is 0 Å². The van der Waals surface area contributed by atoms with Gasteiger partial charge in [0.05, 0.1) is 28.5 Å². The highest BCUT2D eigenvalue weighted by molar-refractivity contribution is 6.31. The standard InChI is InChI=1S/C22H18Cl2FN5O3/c23-13-3-1-12(2-4-13)16-9-17(26)30(28-16)10-18(31)29-8-7-22(11-29)19-15(27-21(32)33-22)6-5-14(24)20(19)25/h1-6,9H,7-8,10-11,26H2,(H,27,32)/t22-/m0/s1. The number of nitrogens with one attached hydrogen (secondary N) is 1. The number of carbonyl (C=O) groups is 2. The van der Waals surface area contributed by atoms with Crippen LogP contribution in [-0.2, 0) is 21.7 Å². The van der Waals surface area contributed by atoms with Gasteiger partial charge in [-0.2, -0.15) is 5.10 Å². The number of hydrogen-bond acceptors (Lipinski definition) is 5. The molecule has 1 atom stereocenters. The van der Waals surface area contributed by atoms with Crippen LogP contribution in [0.2, 0.25) is 10.0 Å². The first-order chi connectivity index (χ1) is 15.8. The molecule has 3 heterocycles. The van der Waals surface area contributed by atoms with E-state index in [9.17, 15) is 14.0 Å². The molecule has 0 aliphatic carbocycles. The molecule has 2 amide bonds. The van der Waals surface area contributed by atoms with Crippen LogP contribution in [0.4, 0.5) is 20.7 Å². The van der Waals surface area contributed by atoms with E-state index >= 15 is 0 Å². The summed E-state index contributed by atoms with van der Waals surface area (Å²) in [4.78, 5) is 26.7. The molecule has 2 aliphatic rings. The highest BCUT2D eigenvalue weighted by Crippen LogP contribution is 2.45. The predicted octanol–water partition coefficient (Wildman–Crippen LogP) is 4.27. The number of benzene rings is 2. The van der Waals surface area contributed by atoms with Crippen LogP contribution in [0.3, 0.4) is 0 Å². The molecule has 2 aromatic carbocycles. The summed E-state index contributed by atoms with van der Waals surface area (Å²) in [5, 5.41) is 7.43. The Morgan fingerprint density at radius 2 is 2.00 bits per heavy atom. The van der Waals surface area contributed by atoms with Crippen molar-refractivity contribution in [2.45, 2.75) is 18.6 Å². The van der Waals surface area contributed by atoms with Gasteiger partial charge in [0.25, 0.3) is 0 Å². The maximum atomic E-state index is 14.9. The lowest BCUT2D eigenvalue weighted by molar-refractivity contribution is -0.132. The molecule has 0 radical (unpaired) electrons. The minimum Gasteiger partial charge on any atom is -0.436 e. The maximum absolute atomic E-state index is 14.9. The van der Waals surface area contributed by atoms with Crippen LogP contribution in [0, 0.1) is 5.82 Å². The number of anilines is 2. The molecule has 1 saturated heterocycles. The number of fused-ring (bicyclic) bond motifs is 2. The third-order valence-corrected chi connectivity index (χ3v) is 6.44. The molecule has 1 fully saturated rings. The van der Waals surface area contributed by atoms with Gasteiger partial charge in [-0.1, -0.05) is 35.3 Å². The molecule has 33 heavy (non-hydrogen) atoms. The zero-order valence-corrected chi connectivity index (χ0v) is 18.7. The molecule has 2 aliphatic heterocycles. The zero-order chi connectivity index (χ0) is 23.3. The van der Waals surface area contributed by atoms with Gasteiger partial charge in [0.15, 0.2) is 11.4 Å². The third-order valence-electron chi connectivity index (χ3n) is 5.90. The Bertz CT molecular complexity index is 1280. The Kier molecular flexibility index (Phi) is 5.18. The van der Waals surface area contributed by atoms with E-state index in [0.717, 1.165) is 5.56 Å². The topological polar surface area (TPSA) is 102 Å². The van der Waals surface area contributed by atoms with E-state index in [-0.39, 0.29) is 48.2 Å². The van der Waals surface area contributed by atoms with Crippen molar-refractivity contribution in [3.63, 3.8) is 0 Å². The maximum Gasteiger partial charge on any atom is 0.412 e. The van der Waals surface area contributed by atoms with E-state index in [1.54, 1.807) is 18.2 Å². The molecular formula is C22H18Cl2FN5O3. The third kappa shape index (κ3) is 3.77. The van der Waals surface area contributed by atoms with Crippen LogP contribution >= 0.6 is 23.2 Å². The van der Waals surface area contributed by atoms with E-state index < -0.39 is 17.5 Å².